The quantitative estimate of drug-likeness (QED) is 0.476. The normalized spacial score (nSPS) is 15.2. The highest BCUT2D eigenvalue weighted by Crippen LogP contribution is 2.21. The molecule has 0 saturated heterocycles. The standard InChI is InChI=1S/C20H25BrN6O/c1-13-12-14(2)23-18(22-13)26-19(25-17-11-7-6-10-16(17)21)27-20(28)24-15-8-4-3-5-9-15/h6-7,10-12,15H,3-5,8-9H2,1-2H3,(H3,22,23,24,25,26,27,28). The van der Waals surface area contributed by atoms with Crippen LogP contribution in [-0.4, -0.2) is 28.0 Å². The molecule has 28 heavy (non-hydrogen) atoms. The predicted octanol–water partition coefficient (Wildman–Crippen LogP) is 4.59. The van der Waals surface area contributed by atoms with Crippen molar-refractivity contribution in [3.8, 4) is 0 Å². The third-order valence-corrected chi connectivity index (χ3v) is 5.17. The average molecular weight is 445 g/mol. The highest BCUT2D eigenvalue weighted by atomic mass is 79.9. The van der Waals surface area contributed by atoms with Gasteiger partial charge in [0.1, 0.15) is 0 Å². The lowest BCUT2D eigenvalue weighted by molar-refractivity contribution is 0.237. The van der Waals surface area contributed by atoms with Crippen LogP contribution in [0, 0.1) is 13.8 Å². The van der Waals surface area contributed by atoms with Crippen molar-refractivity contribution in [2.45, 2.75) is 52.0 Å². The molecule has 3 rings (SSSR count). The Hall–Kier alpha value is -2.48. The molecule has 0 radical (unpaired) electrons. The molecular weight excluding hydrogens is 420 g/mol. The van der Waals surface area contributed by atoms with Crippen LogP contribution in [0.1, 0.15) is 43.5 Å². The van der Waals surface area contributed by atoms with Gasteiger partial charge < -0.3 is 10.6 Å². The maximum absolute atomic E-state index is 12.5. The van der Waals surface area contributed by atoms with E-state index in [0.29, 0.717) is 5.95 Å². The number of rotatable bonds is 3. The van der Waals surface area contributed by atoms with Gasteiger partial charge in [-0.05, 0) is 60.8 Å². The summed E-state index contributed by atoms with van der Waals surface area (Å²) in [6.07, 6.45) is 5.56. The summed E-state index contributed by atoms with van der Waals surface area (Å²) in [5.41, 5.74) is 2.42. The number of benzene rings is 1. The van der Waals surface area contributed by atoms with Crippen molar-refractivity contribution >= 4 is 39.6 Å². The van der Waals surface area contributed by atoms with Gasteiger partial charge in [-0.15, -0.1) is 0 Å². The van der Waals surface area contributed by atoms with E-state index in [-0.39, 0.29) is 18.0 Å². The number of nitrogens with zero attached hydrogens (tertiary/aromatic N) is 3. The molecule has 8 heteroatoms. The minimum Gasteiger partial charge on any atom is -0.335 e. The van der Waals surface area contributed by atoms with E-state index < -0.39 is 0 Å². The molecule has 0 spiro atoms. The first-order valence-electron chi connectivity index (χ1n) is 9.49. The zero-order valence-electron chi connectivity index (χ0n) is 16.1. The number of carbonyl (C=O) groups is 1. The summed E-state index contributed by atoms with van der Waals surface area (Å²) in [4.78, 5) is 25.6. The van der Waals surface area contributed by atoms with Crippen LogP contribution < -0.4 is 16.0 Å². The summed E-state index contributed by atoms with van der Waals surface area (Å²) < 4.78 is 0.860. The Morgan fingerprint density at radius 3 is 2.46 bits per heavy atom. The van der Waals surface area contributed by atoms with Gasteiger partial charge in [-0.1, -0.05) is 31.4 Å². The number of carbonyl (C=O) groups excluding carboxylic acids is 1. The van der Waals surface area contributed by atoms with Gasteiger partial charge in [0.15, 0.2) is 0 Å². The summed E-state index contributed by atoms with van der Waals surface area (Å²) >= 11 is 3.50. The first kappa shape index (κ1) is 20.3. The van der Waals surface area contributed by atoms with E-state index >= 15 is 0 Å². The summed E-state index contributed by atoms with van der Waals surface area (Å²) in [6.45, 7) is 3.77. The van der Waals surface area contributed by atoms with Gasteiger partial charge in [0, 0.05) is 21.9 Å². The molecule has 148 valence electrons. The molecule has 1 aromatic carbocycles. The molecule has 1 aromatic heterocycles. The number of guanidine groups is 1. The molecule has 2 aromatic rings. The highest BCUT2D eigenvalue weighted by molar-refractivity contribution is 9.10. The van der Waals surface area contributed by atoms with Crippen LogP contribution in [0.5, 0.6) is 0 Å². The first-order valence-corrected chi connectivity index (χ1v) is 10.3. The van der Waals surface area contributed by atoms with E-state index in [1.165, 1.54) is 6.42 Å². The lowest BCUT2D eigenvalue weighted by Crippen LogP contribution is -2.47. The Balaban J connectivity index is 1.80. The van der Waals surface area contributed by atoms with E-state index in [0.717, 1.165) is 47.2 Å². The van der Waals surface area contributed by atoms with Crippen molar-refractivity contribution in [3.05, 3.63) is 46.2 Å². The Labute approximate surface area is 173 Å². The molecule has 1 fully saturated rings. The number of aryl methyl sites for hydroxylation is 2. The largest absolute Gasteiger partial charge is 0.335 e. The number of amides is 2. The van der Waals surface area contributed by atoms with Gasteiger partial charge in [0.05, 0.1) is 5.69 Å². The van der Waals surface area contributed by atoms with Crippen molar-refractivity contribution in [3.63, 3.8) is 0 Å². The number of anilines is 1. The molecule has 1 saturated carbocycles. The molecule has 1 aliphatic carbocycles. The third-order valence-electron chi connectivity index (χ3n) is 4.48. The third kappa shape index (κ3) is 6.02. The predicted molar refractivity (Wildman–Crippen MR) is 115 cm³/mol. The highest BCUT2D eigenvalue weighted by Gasteiger charge is 2.17. The average Bonchev–Trinajstić information content (AvgIpc) is 2.63. The van der Waals surface area contributed by atoms with E-state index in [1.54, 1.807) is 0 Å². The number of urea groups is 1. The molecule has 0 unspecified atom stereocenters. The van der Waals surface area contributed by atoms with Crippen LogP contribution in [-0.2, 0) is 0 Å². The number of aliphatic imine (C=N–C) groups is 1. The number of nitrogens with one attached hydrogen (secondary N) is 3. The molecule has 2 amide bonds. The van der Waals surface area contributed by atoms with E-state index in [4.69, 9.17) is 0 Å². The zero-order valence-corrected chi connectivity index (χ0v) is 17.7. The fraction of sp³-hybridized carbons (Fsp3) is 0.400. The Morgan fingerprint density at radius 2 is 1.79 bits per heavy atom. The summed E-state index contributed by atoms with van der Waals surface area (Å²) in [5.74, 6) is 0.565. The lowest BCUT2D eigenvalue weighted by Gasteiger charge is -2.23. The van der Waals surface area contributed by atoms with Gasteiger partial charge in [0.2, 0.25) is 5.96 Å². The monoisotopic (exact) mass is 444 g/mol. The number of para-hydroxylation sites is 1. The van der Waals surface area contributed by atoms with Crippen molar-refractivity contribution in [2.24, 2.45) is 4.99 Å². The molecule has 3 N–H and O–H groups in total. The molecule has 0 bridgehead atoms. The number of aromatic nitrogens is 2. The van der Waals surface area contributed by atoms with Crippen LogP contribution in [0.4, 0.5) is 16.4 Å². The minimum absolute atomic E-state index is 0.205. The SMILES string of the molecule is Cc1cc(C)nc(/N=C(\NC(=O)NC2CCCCC2)Nc2ccccc2Br)n1. The second-order valence-corrected chi connectivity index (χ2v) is 7.80. The van der Waals surface area contributed by atoms with Crippen molar-refractivity contribution < 1.29 is 4.79 Å². The van der Waals surface area contributed by atoms with E-state index in [2.05, 4.69) is 46.8 Å². The molecule has 7 nitrogen and oxygen atoms in total. The summed E-state index contributed by atoms with van der Waals surface area (Å²) in [7, 11) is 0. The summed E-state index contributed by atoms with van der Waals surface area (Å²) in [5, 5.41) is 9.00. The second-order valence-electron chi connectivity index (χ2n) is 6.95. The minimum atomic E-state index is -0.283. The Morgan fingerprint density at radius 1 is 1.11 bits per heavy atom. The van der Waals surface area contributed by atoms with Crippen molar-refractivity contribution in [1.82, 2.24) is 20.6 Å². The van der Waals surface area contributed by atoms with E-state index in [9.17, 15) is 4.79 Å². The zero-order chi connectivity index (χ0) is 19.9. The molecule has 1 aliphatic rings. The maximum atomic E-state index is 12.5. The van der Waals surface area contributed by atoms with Crippen LogP contribution >= 0.6 is 15.9 Å². The maximum Gasteiger partial charge on any atom is 0.321 e. The number of hydrogen-bond acceptors (Lipinski definition) is 4. The van der Waals surface area contributed by atoms with Crippen molar-refractivity contribution in [2.75, 3.05) is 5.32 Å². The van der Waals surface area contributed by atoms with Crippen LogP contribution in [0.2, 0.25) is 0 Å². The fourth-order valence-corrected chi connectivity index (χ4v) is 3.59. The topological polar surface area (TPSA) is 91.3 Å². The Kier molecular flexibility index (Phi) is 6.97. The van der Waals surface area contributed by atoms with Crippen LogP contribution in [0.3, 0.4) is 0 Å². The van der Waals surface area contributed by atoms with Gasteiger partial charge in [-0.25, -0.2) is 14.8 Å². The number of hydrogen-bond donors (Lipinski definition) is 3. The van der Waals surface area contributed by atoms with Gasteiger partial charge in [-0.2, -0.15) is 4.99 Å². The molecular formula is C20H25BrN6O. The van der Waals surface area contributed by atoms with Gasteiger partial charge in [-0.3, -0.25) is 5.32 Å². The lowest BCUT2D eigenvalue weighted by atomic mass is 9.96. The summed E-state index contributed by atoms with van der Waals surface area (Å²) in [6, 6.07) is 9.43. The second kappa shape index (κ2) is 9.64. The van der Waals surface area contributed by atoms with Gasteiger partial charge >= 0.3 is 6.03 Å². The fourth-order valence-electron chi connectivity index (χ4n) is 3.21. The van der Waals surface area contributed by atoms with Crippen LogP contribution in [0.15, 0.2) is 39.8 Å². The first-order chi connectivity index (χ1) is 13.5. The van der Waals surface area contributed by atoms with Gasteiger partial charge in [0.25, 0.3) is 5.95 Å². The molecule has 0 atom stereocenters. The van der Waals surface area contributed by atoms with E-state index in [1.807, 2.05) is 44.2 Å². The van der Waals surface area contributed by atoms with Crippen LogP contribution in [0.25, 0.3) is 0 Å². The number of halogens is 1. The molecule has 0 aliphatic heterocycles. The smallest absolute Gasteiger partial charge is 0.321 e. The van der Waals surface area contributed by atoms with Crippen molar-refractivity contribution in [1.29, 1.82) is 0 Å². The molecule has 1 heterocycles. The Bertz CT molecular complexity index is 843.